The highest BCUT2D eigenvalue weighted by molar-refractivity contribution is 5.25. The summed E-state index contributed by atoms with van der Waals surface area (Å²) in [4.78, 5) is 0. The highest BCUT2D eigenvalue weighted by atomic mass is 14.4. The lowest BCUT2D eigenvalue weighted by Crippen LogP contribution is -2.15. The molecule has 0 aromatic carbocycles. The van der Waals surface area contributed by atoms with Crippen molar-refractivity contribution in [3.05, 3.63) is 29.2 Å². The monoisotopic (exact) mass is 202 g/mol. The lowest BCUT2D eigenvalue weighted by atomic mass is 9.82. The Kier molecular flexibility index (Phi) is 3.04. The molecule has 2 aliphatic rings. The zero-order chi connectivity index (χ0) is 11.0. The third-order valence-corrected chi connectivity index (χ3v) is 4.26. The topological polar surface area (TPSA) is 0 Å². The summed E-state index contributed by atoms with van der Waals surface area (Å²) in [5.41, 5.74) is 4.82. The molecule has 2 aliphatic carbocycles. The van der Waals surface area contributed by atoms with Crippen molar-refractivity contribution in [3.63, 3.8) is 0 Å². The molecule has 3 atom stereocenters. The van der Waals surface area contributed by atoms with Crippen molar-refractivity contribution in [2.75, 3.05) is 0 Å². The molecule has 0 nitrogen and oxygen atoms in total. The second-order valence-electron chi connectivity index (χ2n) is 5.56. The molecule has 2 radical (unpaired) electrons. The lowest BCUT2D eigenvalue weighted by molar-refractivity contribution is 0.313. The number of hydrogen-bond donors (Lipinski definition) is 0. The van der Waals surface area contributed by atoms with Gasteiger partial charge in [0.25, 0.3) is 0 Å². The van der Waals surface area contributed by atoms with Gasteiger partial charge in [-0.25, -0.2) is 0 Å². The molecule has 0 saturated heterocycles. The van der Waals surface area contributed by atoms with E-state index in [1.165, 1.54) is 12.8 Å². The molecule has 82 valence electrons. The molecule has 0 spiro atoms. The molecule has 0 N–H and O–H groups in total. The predicted molar refractivity (Wildman–Crippen MR) is 65.4 cm³/mol. The number of fused-ring (bicyclic) bond motifs is 1. The Morgan fingerprint density at radius 3 is 2.73 bits per heavy atom. The summed E-state index contributed by atoms with van der Waals surface area (Å²) in [6.45, 7) is 9.21. The first-order valence-corrected chi connectivity index (χ1v) is 6.15. The Hall–Kier alpha value is -0.520. The van der Waals surface area contributed by atoms with Crippen molar-refractivity contribution in [2.24, 2.45) is 17.8 Å². The van der Waals surface area contributed by atoms with Crippen LogP contribution in [-0.4, -0.2) is 0 Å². The van der Waals surface area contributed by atoms with Crippen molar-refractivity contribution in [3.8, 4) is 0 Å². The largest absolute Gasteiger partial charge is 0.0773 e. The first-order valence-electron chi connectivity index (χ1n) is 6.15. The molecule has 0 aromatic heterocycles. The van der Waals surface area contributed by atoms with Gasteiger partial charge in [0.1, 0.15) is 0 Å². The summed E-state index contributed by atoms with van der Waals surface area (Å²) in [7, 11) is 0. The average molecular weight is 202 g/mol. The van der Waals surface area contributed by atoms with E-state index in [0.29, 0.717) is 0 Å². The van der Waals surface area contributed by atoms with Crippen LogP contribution in [0.5, 0.6) is 0 Å². The molecular weight excluding hydrogens is 180 g/mol. The standard InChI is InChI=1S/C15H22/c1-10(2)13-8-14-11(3)6-5-7-12(4)15(14)9-13/h6,12,14-15H,7-9H2,1-4H3. The van der Waals surface area contributed by atoms with Crippen LogP contribution in [0.1, 0.15) is 47.0 Å². The zero-order valence-electron chi connectivity index (χ0n) is 10.4. The maximum absolute atomic E-state index is 3.44. The summed E-state index contributed by atoms with van der Waals surface area (Å²) < 4.78 is 0. The molecule has 0 bridgehead atoms. The smallest absolute Gasteiger partial charge is 0.00865 e. The van der Waals surface area contributed by atoms with Gasteiger partial charge in [-0.1, -0.05) is 29.7 Å². The summed E-state index contributed by atoms with van der Waals surface area (Å²) in [5, 5.41) is 0. The highest BCUT2D eigenvalue weighted by Crippen LogP contribution is 2.47. The molecule has 0 aliphatic heterocycles. The lowest BCUT2D eigenvalue weighted by Gasteiger charge is -2.23. The molecule has 0 heteroatoms. The van der Waals surface area contributed by atoms with Gasteiger partial charge in [0.2, 0.25) is 0 Å². The molecule has 0 aromatic rings. The first kappa shape index (κ1) is 11.0. The van der Waals surface area contributed by atoms with Gasteiger partial charge in [-0.2, -0.15) is 0 Å². The molecular formula is C15H22. The quantitative estimate of drug-likeness (QED) is 0.510. The van der Waals surface area contributed by atoms with Crippen molar-refractivity contribution in [1.29, 1.82) is 0 Å². The van der Waals surface area contributed by atoms with Crippen LogP contribution in [0, 0.1) is 24.2 Å². The van der Waals surface area contributed by atoms with Crippen molar-refractivity contribution < 1.29 is 0 Å². The van der Waals surface area contributed by atoms with Crippen LogP contribution in [0.15, 0.2) is 22.8 Å². The van der Waals surface area contributed by atoms with E-state index in [2.05, 4.69) is 40.2 Å². The Bertz CT molecular complexity index is 302. The first-order chi connectivity index (χ1) is 7.09. The summed E-state index contributed by atoms with van der Waals surface area (Å²) in [5.74, 6) is 2.49. The average Bonchev–Trinajstić information content (AvgIpc) is 2.57. The van der Waals surface area contributed by atoms with Crippen LogP contribution in [0.2, 0.25) is 0 Å². The second kappa shape index (κ2) is 4.15. The van der Waals surface area contributed by atoms with E-state index < -0.39 is 0 Å². The van der Waals surface area contributed by atoms with Crippen LogP contribution in [0.25, 0.3) is 0 Å². The highest BCUT2D eigenvalue weighted by Gasteiger charge is 2.36. The Morgan fingerprint density at radius 1 is 1.33 bits per heavy atom. The third kappa shape index (κ3) is 2.04. The zero-order valence-corrected chi connectivity index (χ0v) is 10.4. The predicted octanol–water partition coefficient (Wildman–Crippen LogP) is 4.42. The minimum absolute atomic E-state index is 0.805. The molecule has 0 heterocycles. The Morgan fingerprint density at radius 2 is 2.07 bits per heavy atom. The van der Waals surface area contributed by atoms with Crippen LogP contribution in [0.3, 0.4) is 0 Å². The fourth-order valence-corrected chi connectivity index (χ4v) is 3.10. The molecule has 0 amide bonds. The van der Waals surface area contributed by atoms with Crippen LogP contribution < -0.4 is 0 Å². The van der Waals surface area contributed by atoms with E-state index in [4.69, 9.17) is 0 Å². The van der Waals surface area contributed by atoms with Crippen LogP contribution >= 0.6 is 0 Å². The van der Waals surface area contributed by atoms with E-state index >= 15 is 0 Å². The number of hydrogen-bond acceptors (Lipinski definition) is 0. The molecule has 1 saturated carbocycles. The van der Waals surface area contributed by atoms with E-state index in [1.54, 1.807) is 16.7 Å². The van der Waals surface area contributed by atoms with Crippen LogP contribution in [-0.2, 0) is 0 Å². The fourth-order valence-electron chi connectivity index (χ4n) is 3.10. The third-order valence-electron chi connectivity index (χ3n) is 4.26. The molecule has 1 fully saturated rings. The summed E-state index contributed by atoms with van der Waals surface area (Å²) >= 11 is 0. The van der Waals surface area contributed by atoms with Gasteiger partial charge >= 0.3 is 0 Å². The number of allylic oxidation sites excluding steroid dienone is 4. The SMILES string of the molecule is CC1=C[C]CC(C)C2CC(=C(C)C)CC12. The maximum Gasteiger partial charge on any atom is 0.00865 e. The fraction of sp³-hybridized carbons (Fsp3) is 0.667. The molecule has 3 unspecified atom stereocenters. The van der Waals surface area contributed by atoms with E-state index in [9.17, 15) is 0 Å². The maximum atomic E-state index is 3.44. The van der Waals surface area contributed by atoms with Crippen molar-refractivity contribution in [2.45, 2.75) is 47.0 Å². The van der Waals surface area contributed by atoms with E-state index in [-0.39, 0.29) is 0 Å². The van der Waals surface area contributed by atoms with Gasteiger partial charge in [0.05, 0.1) is 0 Å². The summed E-state index contributed by atoms with van der Waals surface area (Å²) in [6, 6.07) is 0. The Labute approximate surface area is 94.5 Å². The molecule has 2 rings (SSSR count). The van der Waals surface area contributed by atoms with Gasteiger partial charge < -0.3 is 0 Å². The molecule has 15 heavy (non-hydrogen) atoms. The minimum Gasteiger partial charge on any atom is -0.0773 e. The minimum atomic E-state index is 0.805. The van der Waals surface area contributed by atoms with Gasteiger partial charge in [-0.05, 0) is 57.8 Å². The van der Waals surface area contributed by atoms with Crippen LogP contribution in [0.4, 0.5) is 0 Å². The van der Waals surface area contributed by atoms with Gasteiger partial charge in [-0.3, -0.25) is 0 Å². The van der Waals surface area contributed by atoms with Gasteiger partial charge in [0, 0.05) is 6.42 Å². The van der Waals surface area contributed by atoms with Crippen molar-refractivity contribution in [1.82, 2.24) is 0 Å². The van der Waals surface area contributed by atoms with Crippen molar-refractivity contribution >= 4 is 0 Å². The normalized spacial score (nSPS) is 35.9. The number of rotatable bonds is 0. The van der Waals surface area contributed by atoms with Gasteiger partial charge in [0.15, 0.2) is 0 Å². The summed E-state index contributed by atoms with van der Waals surface area (Å²) in [6.07, 6.45) is 9.48. The Balaban J connectivity index is 2.26. The van der Waals surface area contributed by atoms with Gasteiger partial charge in [-0.15, -0.1) is 0 Å². The van der Waals surface area contributed by atoms with E-state index in [0.717, 1.165) is 24.2 Å². The van der Waals surface area contributed by atoms with E-state index in [1.807, 2.05) is 0 Å². The second-order valence-corrected chi connectivity index (χ2v) is 5.56.